The fraction of sp³-hybridized carbons (Fsp3) is 0.800. The van der Waals surface area contributed by atoms with E-state index in [0.29, 0.717) is 13.0 Å². The maximum atomic E-state index is 11.9. The lowest BCUT2D eigenvalue weighted by molar-refractivity contribution is -0.148. The van der Waals surface area contributed by atoms with Crippen LogP contribution in [0.1, 0.15) is 27.2 Å². The van der Waals surface area contributed by atoms with Crippen LogP contribution in [0.2, 0.25) is 0 Å². The summed E-state index contributed by atoms with van der Waals surface area (Å²) in [6.45, 7) is 6.27. The zero-order valence-electron chi connectivity index (χ0n) is 9.49. The van der Waals surface area contributed by atoms with Crippen molar-refractivity contribution in [2.45, 2.75) is 39.3 Å². The highest BCUT2D eigenvalue weighted by atomic mass is 16.2. The quantitative estimate of drug-likeness (QED) is 0.644. The minimum Gasteiger partial charge on any atom is -0.368 e. The molecule has 4 N–H and O–H groups in total. The van der Waals surface area contributed by atoms with Crippen LogP contribution in [0.5, 0.6) is 0 Å². The molecule has 0 aliphatic carbocycles. The summed E-state index contributed by atoms with van der Waals surface area (Å²) in [4.78, 5) is 24.3. The lowest BCUT2D eigenvalue weighted by Crippen LogP contribution is -2.62. The Morgan fingerprint density at radius 3 is 2.20 bits per heavy atom. The minimum absolute atomic E-state index is 0.183. The van der Waals surface area contributed by atoms with E-state index < -0.39 is 18.0 Å². The molecular formula is C10H19N3O2. The summed E-state index contributed by atoms with van der Waals surface area (Å²) >= 11 is 0. The Labute approximate surface area is 89.8 Å². The van der Waals surface area contributed by atoms with Crippen LogP contribution in [0.4, 0.5) is 0 Å². The molecule has 1 unspecified atom stereocenters. The highest BCUT2D eigenvalue weighted by Crippen LogP contribution is 2.24. The van der Waals surface area contributed by atoms with Gasteiger partial charge in [-0.3, -0.25) is 9.59 Å². The highest BCUT2D eigenvalue weighted by Gasteiger charge is 2.41. The SMILES string of the molecule is CC(C)(C)[C@H](N)C(=O)N1CCC1C(N)=O. The molecule has 0 aromatic carbocycles. The maximum Gasteiger partial charge on any atom is 0.240 e. The summed E-state index contributed by atoms with van der Waals surface area (Å²) in [6.07, 6.45) is 0.651. The van der Waals surface area contributed by atoms with Crippen LogP contribution in [0.25, 0.3) is 0 Å². The van der Waals surface area contributed by atoms with Crippen molar-refractivity contribution in [2.75, 3.05) is 6.54 Å². The van der Waals surface area contributed by atoms with Gasteiger partial charge in [0.15, 0.2) is 0 Å². The van der Waals surface area contributed by atoms with E-state index in [4.69, 9.17) is 11.5 Å². The van der Waals surface area contributed by atoms with Gasteiger partial charge in [-0.05, 0) is 11.8 Å². The van der Waals surface area contributed by atoms with Crippen molar-refractivity contribution in [2.24, 2.45) is 16.9 Å². The Morgan fingerprint density at radius 2 is 1.93 bits per heavy atom. The van der Waals surface area contributed by atoms with Crippen LogP contribution >= 0.6 is 0 Å². The summed E-state index contributed by atoms with van der Waals surface area (Å²) in [5, 5.41) is 0. The van der Waals surface area contributed by atoms with E-state index in [2.05, 4.69) is 0 Å². The Kier molecular flexibility index (Phi) is 3.04. The second-order valence-corrected chi connectivity index (χ2v) is 5.08. The average Bonchev–Trinajstić information content (AvgIpc) is 1.97. The summed E-state index contributed by atoms with van der Waals surface area (Å²) in [7, 11) is 0. The average molecular weight is 213 g/mol. The van der Waals surface area contributed by atoms with E-state index in [0.717, 1.165) is 0 Å². The zero-order valence-corrected chi connectivity index (χ0v) is 9.49. The van der Waals surface area contributed by atoms with Crippen molar-refractivity contribution in [1.29, 1.82) is 0 Å². The van der Waals surface area contributed by atoms with Crippen molar-refractivity contribution in [3.8, 4) is 0 Å². The van der Waals surface area contributed by atoms with Crippen molar-refractivity contribution in [3.63, 3.8) is 0 Å². The molecule has 0 aromatic rings. The number of primary amides is 1. The van der Waals surface area contributed by atoms with E-state index in [1.807, 2.05) is 20.8 Å². The molecule has 1 aliphatic rings. The highest BCUT2D eigenvalue weighted by molar-refractivity contribution is 5.90. The molecule has 1 aliphatic heterocycles. The smallest absolute Gasteiger partial charge is 0.240 e. The molecule has 0 radical (unpaired) electrons. The summed E-state index contributed by atoms with van der Waals surface area (Å²) < 4.78 is 0. The molecule has 15 heavy (non-hydrogen) atoms. The number of nitrogens with zero attached hydrogens (tertiary/aromatic N) is 1. The second kappa shape index (κ2) is 3.81. The molecule has 1 heterocycles. The first kappa shape index (κ1) is 12.0. The maximum absolute atomic E-state index is 11.9. The number of carbonyl (C=O) groups is 2. The molecule has 2 atom stereocenters. The van der Waals surface area contributed by atoms with Gasteiger partial charge in [0.25, 0.3) is 0 Å². The molecule has 0 spiro atoms. The number of hydrogen-bond donors (Lipinski definition) is 2. The number of amides is 2. The molecule has 1 fully saturated rings. The molecule has 0 bridgehead atoms. The van der Waals surface area contributed by atoms with Crippen LogP contribution in [0.3, 0.4) is 0 Å². The van der Waals surface area contributed by atoms with Crippen LogP contribution in [0.15, 0.2) is 0 Å². The third-order valence-corrected chi connectivity index (χ3v) is 2.83. The topological polar surface area (TPSA) is 89.4 Å². The second-order valence-electron chi connectivity index (χ2n) is 5.08. The van der Waals surface area contributed by atoms with Gasteiger partial charge >= 0.3 is 0 Å². The zero-order chi connectivity index (χ0) is 11.8. The van der Waals surface area contributed by atoms with Gasteiger partial charge in [0.05, 0.1) is 6.04 Å². The van der Waals surface area contributed by atoms with Crippen LogP contribution < -0.4 is 11.5 Å². The molecule has 0 saturated carbocycles. The lowest BCUT2D eigenvalue weighted by Gasteiger charge is -2.42. The standard InChI is InChI=1S/C10H19N3O2/c1-10(2,3)7(11)9(15)13-5-4-6(13)8(12)14/h6-7H,4-5,11H2,1-3H3,(H2,12,14)/t6?,7-/m1/s1. The lowest BCUT2D eigenvalue weighted by atomic mass is 9.85. The molecule has 1 saturated heterocycles. The Balaban J connectivity index is 2.66. The predicted molar refractivity (Wildman–Crippen MR) is 56.7 cm³/mol. The molecular weight excluding hydrogens is 194 g/mol. The Morgan fingerprint density at radius 1 is 1.40 bits per heavy atom. The van der Waals surface area contributed by atoms with Gasteiger partial charge in [-0.25, -0.2) is 0 Å². The molecule has 5 nitrogen and oxygen atoms in total. The van der Waals surface area contributed by atoms with Crippen LogP contribution in [-0.4, -0.2) is 35.3 Å². The first-order valence-corrected chi connectivity index (χ1v) is 5.10. The third kappa shape index (κ3) is 2.28. The van der Waals surface area contributed by atoms with Gasteiger partial charge in [-0.1, -0.05) is 20.8 Å². The molecule has 86 valence electrons. The molecule has 5 heteroatoms. The fourth-order valence-electron chi connectivity index (χ4n) is 1.50. The van der Waals surface area contributed by atoms with Gasteiger partial charge in [0, 0.05) is 6.54 Å². The van der Waals surface area contributed by atoms with Crippen LogP contribution in [0, 0.1) is 5.41 Å². The molecule has 2 amide bonds. The van der Waals surface area contributed by atoms with Crippen molar-refractivity contribution >= 4 is 11.8 Å². The van der Waals surface area contributed by atoms with Crippen molar-refractivity contribution < 1.29 is 9.59 Å². The third-order valence-electron chi connectivity index (χ3n) is 2.83. The summed E-state index contributed by atoms with van der Waals surface area (Å²) in [6, 6.07) is -1.04. The number of hydrogen-bond acceptors (Lipinski definition) is 3. The van der Waals surface area contributed by atoms with Gasteiger partial charge in [0.1, 0.15) is 6.04 Å². The largest absolute Gasteiger partial charge is 0.368 e. The molecule has 1 rings (SSSR count). The summed E-state index contributed by atoms with van der Waals surface area (Å²) in [5.41, 5.74) is 10.7. The van der Waals surface area contributed by atoms with E-state index in [1.54, 1.807) is 0 Å². The summed E-state index contributed by atoms with van der Waals surface area (Å²) in [5.74, 6) is -0.631. The number of rotatable bonds is 2. The molecule has 0 aromatic heterocycles. The Hall–Kier alpha value is -1.10. The number of nitrogens with two attached hydrogens (primary N) is 2. The van der Waals surface area contributed by atoms with E-state index >= 15 is 0 Å². The number of carbonyl (C=O) groups excluding carboxylic acids is 2. The van der Waals surface area contributed by atoms with Crippen molar-refractivity contribution in [3.05, 3.63) is 0 Å². The predicted octanol–water partition coefficient (Wildman–Crippen LogP) is -0.554. The normalized spacial score (nSPS) is 23.2. The minimum atomic E-state index is -0.584. The van der Waals surface area contributed by atoms with Crippen molar-refractivity contribution in [1.82, 2.24) is 4.90 Å². The van der Waals surface area contributed by atoms with Gasteiger partial charge in [-0.2, -0.15) is 0 Å². The Bertz CT molecular complexity index is 283. The van der Waals surface area contributed by atoms with E-state index in [-0.39, 0.29) is 11.3 Å². The fourth-order valence-corrected chi connectivity index (χ4v) is 1.50. The number of likely N-dealkylation sites (tertiary alicyclic amines) is 1. The first-order valence-electron chi connectivity index (χ1n) is 5.10. The van der Waals surface area contributed by atoms with Gasteiger partial charge < -0.3 is 16.4 Å². The monoisotopic (exact) mass is 213 g/mol. The van der Waals surface area contributed by atoms with Gasteiger partial charge in [0.2, 0.25) is 11.8 Å². The van der Waals surface area contributed by atoms with E-state index in [1.165, 1.54) is 4.90 Å². The van der Waals surface area contributed by atoms with E-state index in [9.17, 15) is 9.59 Å². The first-order chi connectivity index (χ1) is 6.75. The van der Waals surface area contributed by atoms with Crippen LogP contribution in [-0.2, 0) is 9.59 Å². The van der Waals surface area contributed by atoms with Gasteiger partial charge in [-0.15, -0.1) is 0 Å².